The summed E-state index contributed by atoms with van der Waals surface area (Å²) in [6.07, 6.45) is 1.80. The Labute approximate surface area is 184 Å². The summed E-state index contributed by atoms with van der Waals surface area (Å²) in [7, 11) is 0. The van der Waals surface area contributed by atoms with Crippen LogP contribution in [0.5, 0.6) is 11.5 Å². The molecule has 3 heterocycles. The summed E-state index contributed by atoms with van der Waals surface area (Å²) < 4.78 is 13.4. The van der Waals surface area contributed by atoms with Crippen LogP contribution in [0.25, 0.3) is 22.1 Å². The van der Waals surface area contributed by atoms with Crippen LogP contribution in [0.4, 0.5) is 0 Å². The van der Waals surface area contributed by atoms with Crippen LogP contribution in [0.1, 0.15) is 22.2 Å². The highest BCUT2D eigenvalue weighted by atomic mass is 32.1. The first-order valence-corrected chi connectivity index (χ1v) is 11.3. The van der Waals surface area contributed by atoms with Gasteiger partial charge in [0.25, 0.3) is 5.56 Å². The Bertz CT molecular complexity index is 1520. The summed E-state index contributed by atoms with van der Waals surface area (Å²) in [5, 5.41) is 1.82. The van der Waals surface area contributed by atoms with Gasteiger partial charge in [-0.25, -0.2) is 14.2 Å². The van der Waals surface area contributed by atoms with Gasteiger partial charge in [-0.15, -0.1) is 11.3 Å². The zero-order chi connectivity index (χ0) is 21.4. The molecule has 0 aliphatic carbocycles. The molecule has 0 bridgehead atoms. The Kier molecular flexibility index (Phi) is 5.01. The molecule has 0 N–H and O–H groups in total. The molecule has 5 rings (SSSR count). The second-order valence-corrected chi connectivity index (χ2v) is 8.60. The first-order valence-electron chi connectivity index (χ1n) is 9.58. The van der Waals surface area contributed by atoms with Crippen molar-refractivity contribution in [2.24, 2.45) is 0 Å². The van der Waals surface area contributed by atoms with Gasteiger partial charge < -0.3 is 9.47 Å². The number of rotatable bonds is 5. The quantitative estimate of drug-likeness (QED) is 0.299. The second kappa shape index (κ2) is 7.98. The average molecular weight is 449 g/mol. The van der Waals surface area contributed by atoms with Gasteiger partial charge in [-0.1, -0.05) is 35.6 Å². The molecule has 0 aliphatic rings. The number of carbonyl (C=O) groups excluding carboxylic acids is 1. The largest absolute Gasteiger partial charge is 0.490 e. The van der Waals surface area contributed by atoms with Gasteiger partial charge in [-0.3, -0.25) is 4.79 Å². The van der Waals surface area contributed by atoms with E-state index in [9.17, 15) is 9.59 Å². The molecule has 31 heavy (non-hydrogen) atoms. The molecule has 0 fully saturated rings. The molecule has 0 aliphatic heterocycles. The van der Waals surface area contributed by atoms with E-state index in [4.69, 9.17) is 9.47 Å². The van der Waals surface area contributed by atoms with E-state index in [2.05, 4.69) is 4.98 Å². The van der Waals surface area contributed by atoms with Gasteiger partial charge in [0.2, 0.25) is 0 Å². The predicted octanol–water partition coefficient (Wildman–Crippen LogP) is 4.14. The van der Waals surface area contributed by atoms with Crippen LogP contribution in [0.15, 0.2) is 64.8 Å². The lowest BCUT2D eigenvalue weighted by molar-refractivity contribution is 0.0733. The number of hydrogen-bond acceptors (Lipinski definition) is 7. The minimum Gasteiger partial charge on any atom is -0.490 e. The van der Waals surface area contributed by atoms with Crippen molar-refractivity contribution in [3.05, 3.63) is 85.3 Å². The number of thiazole rings is 1. The van der Waals surface area contributed by atoms with Gasteiger partial charge in [-0.2, -0.15) is 0 Å². The molecule has 0 unspecified atom stereocenters. The van der Waals surface area contributed by atoms with E-state index >= 15 is 0 Å². The fourth-order valence-corrected chi connectivity index (χ4v) is 4.86. The van der Waals surface area contributed by atoms with Crippen LogP contribution >= 0.6 is 22.7 Å². The van der Waals surface area contributed by atoms with Crippen LogP contribution in [-0.2, 0) is 0 Å². The van der Waals surface area contributed by atoms with E-state index in [-0.39, 0.29) is 5.56 Å². The third kappa shape index (κ3) is 3.60. The van der Waals surface area contributed by atoms with Crippen molar-refractivity contribution in [2.45, 2.75) is 6.92 Å². The van der Waals surface area contributed by atoms with Crippen molar-refractivity contribution < 1.29 is 14.3 Å². The van der Waals surface area contributed by atoms with E-state index in [0.717, 1.165) is 16.6 Å². The van der Waals surface area contributed by atoms with Gasteiger partial charge in [0, 0.05) is 0 Å². The lowest BCUT2D eigenvalue weighted by atomic mass is 10.2. The summed E-state index contributed by atoms with van der Waals surface area (Å²) in [5.41, 5.74) is 2.25. The number of thiophene rings is 1. The van der Waals surface area contributed by atoms with Crippen molar-refractivity contribution in [3.8, 4) is 11.5 Å². The highest BCUT2D eigenvalue weighted by Gasteiger charge is 2.15. The fourth-order valence-electron chi connectivity index (χ4n) is 3.28. The van der Waals surface area contributed by atoms with Crippen molar-refractivity contribution in [1.82, 2.24) is 9.38 Å². The smallest absolute Gasteiger partial charge is 0.353 e. The molecule has 0 spiro atoms. The number of benzene rings is 2. The molecule has 5 aromatic rings. The number of fused-ring (bicyclic) bond motifs is 3. The summed E-state index contributed by atoms with van der Waals surface area (Å²) >= 11 is 2.65. The number of para-hydroxylation sites is 2. The maximum Gasteiger partial charge on any atom is 0.353 e. The third-order valence-corrected chi connectivity index (χ3v) is 6.45. The van der Waals surface area contributed by atoms with Crippen LogP contribution in [-0.4, -0.2) is 22.0 Å². The number of imidazole rings is 1. The number of carbonyl (C=O) groups is 1. The van der Waals surface area contributed by atoms with Gasteiger partial charge in [0.05, 0.1) is 22.2 Å². The zero-order valence-electron chi connectivity index (χ0n) is 16.4. The van der Waals surface area contributed by atoms with Crippen LogP contribution in [0, 0.1) is 0 Å². The van der Waals surface area contributed by atoms with Crippen molar-refractivity contribution >= 4 is 50.7 Å². The first kappa shape index (κ1) is 19.5. The van der Waals surface area contributed by atoms with E-state index < -0.39 is 5.97 Å². The molecule has 2 aromatic carbocycles. The van der Waals surface area contributed by atoms with Gasteiger partial charge >= 0.3 is 5.97 Å². The molecular weight excluding hydrogens is 432 g/mol. The lowest BCUT2D eigenvalue weighted by Gasteiger charge is -2.10. The Hall–Kier alpha value is -3.49. The zero-order valence-corrected chi connectivity index (χ0v) is 18.0. The van der Waals surface area contributed by atoms with E-state index in [1.54, 1.807) is 40.8 Å². The van der Waals surface area contributed by atoms with E-state index in [1.165, 1.54) is 22.7 Å². The van der Waals surface area contributed by atoms with E-state index in [1.807, 2.05) is 36.6 Å². The number of ether oxygens (including phenoxy) is 2. The minimum absolute atomic E-state index is 0.111. The standard InChI is InChI=1S/C23H16N2O4S2/c1-2-28-18-12-14(9-10-17(18)29-22(27)19-8-5-11-30-19)13-20-21(26)25-16-7-4-3-6-15(16)24-23(25)31-20/h3-13H,2H2,1H3/b20-13-. The van der Waals surface area contributed by atoms with Gasteiger partial charge in [0.15, 0.2) is 16.5 Å². The Morgan fingerprint density at radius 3 is 2.81 bits per heavy atom. The van der Waals surface area contributed by atoms with Crippen molar-refractivity contribution in [3.63, 3.8) is 0 Å². The molecule has 0 saturated carbocycles. The lowest BCUT2D eigenvalue weighted by Crippen LogP contribution is -2.22. The highest BCUT2D eigenvalue weighted by Crippen LogP contribution is 2.30. The number of nitrogens with zero attached hydrogens (tertiary/aromatic N) is 2. The first-order chi connectivity index (χ1) is 15.1. The number of aromatic nitrogens is 2. The number of hydrogen-bond donors (Lipinski definition) is 0. The molecule has 8 heteroatoms. The summed E-state index contributed by atoms with van der Waals surface area (Å²) in [6, 6.07) is 16.3. The molecule has 154 valence electrons. The Morgan fingerprint density at radius 2 is 2.00 bits per heavy atom. The third-order valence-electron chi connectivity index (χ3n) is 4.64. The monoisotopic (exact) mass is 448 g/mol. The molecular formula is C23H16N2O4S2. The summed E-state index contributed by atoms with van der Waals surface area (Å²) in [6.45, 7) is 2.27. The van der Waals surface area contributed by atoms with E-state index in [0.29, 0.717) is 32.5 Å². The van der Waals surface area contributed by atoms with Gasteiger partial charge in [0.1, 0.15) is 4.88 Å². The maximum atomic E-state index is 13.0. The molecule has 0 atom stereocenters. The topological polar surface area (TPSA) is 69.9 Å². The number of esters is 1. The van der Waals surface area contributed by atoms with Crippen molar-refractivity contribution in [1.29, 1.82) is 0 Å². The maximum absolute atomic E-state index is 13.0. The second-order valence-electron chi connectivity index (χ2n) is 6.64. The highest BCUT2D eigenvalue weighted by molar-refractivity contribution is 7.15. The molecule has 6 nitrogen and oxygen atoms in total. The predicted molar refractivity (Wildman–Crippen MR) is 123 cm³/mol. The molecule has 0 amide bonds. The van der Waals surface area contributed by atoms with Crippen LogP contribution in [0.2, 0.25) is 0 Å². The van der Waals surface area contributed by atoms with Crippen LogP contribution < -0.4 is 19.6 Å². The molecule has 0 radical (unpaired) electrons. The normalized spacial score (nSPS) is 12.0. The van der Waals surface area contributed by atoms with Crippen molar-refractivity contribution in [2.75, 3.05) is 6.61 Å². The SMILES string of the molecule is CCOc1cc(/C=c2\sc3nc4ccccc4n3c2=O)ccc1OC(=O)c1cccs1. The summed E-state index contributed by atoms with van der Waals surface area (Å²) in [4.78, 5) is 31.0. The minimum atomic E-state index is -0.430. The molecule has 3 aromatic heterocycles. The molecule has 0 saturated heterocycles. The Balaban J connectivity index is 1.54. The Morgan fingerprint density at radius 1 is 1.13 bits per heavy atom. The summed E-state index contributed by atoms with van der Waals surface area (Å²) in [5.74, 6) is 0.355. The average Bonchev–Trinajstić information content (AvgIpc) is 3.48. The van der Waals surface area contributed by atoms with Crippen LogP contribution in [0.3, 0.4) is 0 Å². The van der Waals surface area contributed by atoms with Gasteiger partial charge in [-0.05, 0) is 54.3 Å². The fraction of sp³-hybridized carbons (Fsp3) is 0.0870.